The molecule has 0 bridgehead atoms. The maximum absolute atomic E-state index is 13.0. The topological polar surface area (TPSA) is 125 Å². The standard InChI is InChI=1S/C25H20F4N2O5/c26-24(27)25(28,29)36-21-7-3-16(4-8-21)23(34)35-20-5-1-14(2-6-20)9-17(22(32)33)10-15-11-18(30)13-19(31)12-15/h1-9,11-13,24H,10,30-31H2,(H,32,33)/b17-9+. The van der Waals surface area contributed by atoms with Crippen LogP contribution in [0.15, 0.2) is 72.3 Å². The van der Waals surface area contributed by atoms with Crippen LogP contribution in [0.25, 0.3) is 6.08 Å². The fourth-order valence-electron chi connectivity index (χ4n) is 3.12. The zero-order valence-electron chi connectivity index (χ0n) is 18.5. The highest BCUT2D eigenvalue weighted by Gasteiger charge is 2.43. The SMILES string of the molecule is Nc1cc(N)cc(C/C(=C\c2ccc(OC(=O)c3ccc(OC(F)(F)C(F)F)cc3)cc2)C(=O)O)c1. The van der Waals surface area contributed by atoms with Crippen LogP contribution in [0.1, 0.15) is 21.5 Å². The van der Waals surface area contributed by atoms with Crippen LogP contribution in [0.4, 0.5) is 28.9 Å². The van der Waals surface area contributed by atoms with Gasteiger partial charge in [-0.3, -0.25) is 0 Å². The van der Waals surface area contributed by atoms with Crippen LogP contribution >= 0.6 is 0 Å². The Hall–Kier alpha value is -4.54. The van der Waals surface area contributed by atoms with Crippen molar-refractivity contribution in [3.8, 4) is 11.5 Å². The molecule has 5 N–H and O–H groups in total. The van der Waals surface area contributed by atoms with Crippen LogP contribution in [0.2, 0.25) is 0 Å². The molecule has 0 saturated heterocycles. The van der Waals surface area contributed by atoms with Crippen LogP contribution in [-0.2, 0) is 11.2 Å². The molecule has 0 heterocycles. The van der Waals surface area contributed by atoms with E-state index in [0.717, 1.165) is 24.3 Å². The fraction of sp³-hybridized carbons (Fsp3) is 0.120. The first-order valence-corrected chi connectivity index (χ1v) is 10.3. The van der Waals surface area contributed by atoms with Gasteiger partial charge < -0.3 is 26.0 Å². The van der Waals surface area contributed by atoms with E-state index < -0.39 is 30.2 Å². The molecule has 0 aliphatic rings. The van der Waals surface area contributed by atoms with Crippen molar-refractivity contribution in [2.45, 2.75) is 19.0 Å². The first-order chi connectivity index (χ1) is 16.9. The number of benzene rings is 3. The normalized spacial score (nSPS) is 11.9. The molecule has 0 amide bonds. The molecule has 11 heteroatoms. The number of carboxylic acids is 1. The van der Waals surface area contributed by atoms with Gasteiger partial charge in [0.1, 0.15) is 11.5 Å². The predicted molar refractivity (Wildman–Crippen MR) is 124 cm³/mol. The van der Waals surface area contributed by atoms with E-state index >= 15 is 0 Å². The molecule has 0 atom stereocenters. The van der Waals surface area contributed by atoms with Crippen molar-refractivity contribution in [1.29, 1.82) is 0 Å². The molecule has 0 aliphatic carbocycles. The highest BCUT2D eigenvalue weighted by atomic mass is 19.3. The summed E-state index contributed by atoms with van der Waals surface area (Å²) in [5, 5.41) is 9.56. The van der Waals surface area contributed by atoms with Gasteiger partial charge in [-0.25, -0.2) is 9.59 Å². The van der Waals surface area contributed by atoms with Gasteiger partial charge in [0.05, 0.1) is 5.56 Å². The third-order valence-corrected chi connectivity index (χ3v) is 4.74. The fourth-order valence-corrected chi connectivity index (χ4v) is 3.12. The zero-order valence-corrected chi connectivity index (χ0v) is 18.5. The number of carboxylic acid groups (broad SMARTS) is 1. The summed E-state index contributed by atoms with van der Waals surface area (Å²) >= 11 is 0. The largest absolute Gasteiger partial charge is 0.478 e. The van der Waals surface area contributed by atoms with Crippen LogP contribution in [-0.4, -0.2) is 29.6 Å². The molecule has 0 aromatic heterocycles. The Morgan fingerprint density at radius 2 is 1.47 bits per heavy atom. The number of anilines is 2. The molecule has 36 heavy (non-hydrogen) atoms. The molecule has 3 aromatic carbocycles. The second-order valence-corrected chi connectivity index (χ2v) is 7.61. The molecule has 0 saturated carbocycles. The van der Waals surface area contributed by atoms with E-state index in [9.17, 15) is 32.3 Å². The average Bonchev–Trinajstić information content (AvgIpc) is 2.79. The third kappa shape index (κ3) is 6.98. The molecule has 7 nitrogen and oxygen atoms in total. The van der Waals surface area contributed by atoms with E-state index in [4.69, 9.17) is 16.2 Å². The number of alkyl halides is 4. The summed E-state index contributed by atoms with van der Waals surface area (Å²) in [6.45, 7) is 0. The number of esters is 1. The van der Waals surface area contributed by atoms with Gasteiger partial charge in [-0.1, -0.05) is 12.1 Å². The number of ether oxygens (including phenoxy) is 2. The van der Waals surface area contributed by atoms with Crippen molar-refractivity contribution in [1.82, 2.24) is 0 Å². The summed E-state index contributed by atoms with van der Waals surface area (Å²) in [6, 6.07) is 14.8. The first-order valence-electron chi connectivity index (χ1n) is 10.3. The number of halogens is 4. The van der Waals surface area contributed by atoms with E-state index in [0.29, 0.717) is 22.5 Å². The summed E-state index contributed by atoms with van der Waals surface area (Å²) in [5.41, 5.74) is 13.5. The number of hydrogen-bond acceptors (Lipinski definition) is 6. The van der Waals surface area contributed by atoms with Gasteiger partial charge in [-0.15, -0.1) is 0 Å². The molecule has 0 radical (unpaired) electrons. The zero-order chi connectivity index (χ0) is 26.5. The number of carbonyl (C=O) groups excluding carboxylic acids is 1. The number of rotatable bonds is 9. The predicted octanol–water partition coefficient (Wildman–Crippen LogP) is 5.02. The summed E-state index contributed by atoms with van der Waals surface area (Å²) in [6.07, 6.45) is -7.16. The Morgan fingerprint density at radius 1 is 0.917 bits per heavy atom. The number of aliphatic carboxylic acids is 1. The van der Waals surface area contributed by atoms with E-state index in [2.05, 4.69) is 4.74 Å². The van der Waals surface area contributed by atoms with Crippen LogP contribution < -0.4 is 20.9 Å². The highest BCUT2D eigenvalue weighted by molar-refractivity contribution is 5.93. The summed E-state index contributed by atoms with van der Waals surface area (Å²) in [4.78, 5) is 24.0. The van der Waals surface area contributed by atoms with Gasteiger partial charge in [0.2, 0.25) is 0 Å². The van der Waals surface area contributed by atoms with Gasteiger partial charge in [0.25, 0.3) is 0 Å². The molecule has 3 rings (SSSR count). The van der Waals surface area contributed by atoms with E-state index in [1.54, 1.807) is 18.2 Å². The molecule has 188 valence electrons. The van der Waals surface area contributed by atoms with Crippen LogP contribution in [0.3, 0.4) is 0 Å². The molecular formula is C25H20F4N2O5. The van der Waals surface area contributed by atoms with Gasteiger partial charge in [-0.2, -0.15) is 17.6 Å². The molecule has 0 fully saturated rings. The first kappa shape index (κ1) is 26.1. The van der Waals surface area contributed by atoms with Gasteiger partial charge in [0.15, 0.2) is 0 Å². The Kier molecular flexibility index (Phi) is 7.83. The lowest BCUT2D eigenvalue weighted by molar-refractivity contribution is -0.253. The molecular weight excluding hydrogens is 484 g/mol. The van der Waals surface area contributed by atoms with Gasteiger partial charge in [0, 0.05) is 23.4 Å². The number of carbonyl (C=O) groups is 2. The minimum Gasteiger partial charge on any atom is -0.478 e. The Bertz CT molecular complexity index is 1260. The molecule has 0 spiro atoms. The van der Waals surface area contributed by atoms with Crippen LogP contribution in [0, 0.1) is 0 Å². The van der Waals surface area contributed by atoms with Gasteiger partial charge in [-0.05, 0) is 71.8 Å². The Morgan fingerprint density at radius 3 is 2.00 bits per heavy atom. The molecule has 0 unspecified atom stereocenters. The van der Waals surface area contributed by atoms with E-state index in [1.807, 2.05) is 0 Å². The second-order valence-electron chi connectivity index (χ2n) is 7.61. The number of hydrogen-bond donors (Lipinski definition) is 3. The smallest absolute Gasteiger partial charge is 0.461 e. The minimum absolute atomic E-state index is 0.0405. The average molecular weight is 504 g/mol. The molecule has 3 aromatic rings. The Labute approximate surface area is 202 Å². The summed E-state index contributed by atoms with van der Waals surface area (Å²) in [5.74, 6) is -2.40. The lowest BCUT2D eigenvalue weighted by Crippen LogP contribution is -2.33. The highest BCUT2D eigenvalue weighted by Crippen LogP contribution is 2.28. The lowest BCUT2D eigenvalue weighted by atomic mass is 10.0. The van der Waals surface area contributed by atoms with Crippen molar-refractivity contribution >= 4 is 29.4 Å². The van der Waals surface area contributed by atoms with Crippen molar-refractivity contribution in [2.24, 2.45) is 0 Å². The van der Waals surface area contributed by atoms with Crippen molar-refractivity contribution in [2.75, 3.05) is 11.5 Å². The van der Waals surface area contributed by atoms with Crippen molar-refractivity contribution < 1.29 is 41.7 Å². The monoisotopic (exact) mass is 504 g/mol. The summed E-state index contributed by atoms with van der Waals surface area (Å²) < 4.78 is 59.5. The van der Waals surface area contributed by atoms with Crippen molar-refractivity contribution in [3.63, 3.8) is 0 Å². The van der Waals surface area contributed by atoms with Crippen molar-refractivity contribution in [3.05, 3.63) is 89.0 Å². The summed E-state index contributed by atoms with van der Waals surface area (Å²) in [7, 11) is 0. The maximum atomic E-state index is 13.0. The number of nitrogens with two attached hydrogens (primary N) is 2. The lowest BCUT2D eigenvalue weighted by Gasteiger charge is -2.16. The number of nitrogen functional groups attached to an aromatic ring is 2. The Balaban J connectivity index is 1.67. The van der Waals surface area contributed by atoms with Gasteiger partial charge >= 0.3 is 24.5 Å². The quantitative estimate of drug-likeness (QED) is 0.123. The van der Waals surface area contributed by atoms with E-state index in [1.165, 1.54) is 30.3 Å². The maximum Gasteiger partial charge on any atom is 0.461 e. The molecule has 0 aliphatic heterocycles. The van der Waals surface area contributed by atoms with E-state index in [-0.39, 0.29) is 23.3 Å². The second kappa shape index (κ2) is 10.8. The van der Waals surface area contributed by atoms with Crippen LogP contribution in [0.5, 0.6) is 11.5 Å². The third-order valence-electron chi connectivity index (χ3n) is 4.74. The minimum atomic E-state index is -4.67.